The van der Waals surface area contributed by atoms with Gasteiger partial charge < -0.3 is 9.67 Å². The summed E-state index contributed by atoms with van der Waals surface area (Å²) in [6, 6.07) is 1.01. The Morgan fingerprint density at radius 1 is 1.28 bits per heavy atom. The van der Waals surface area contributed by atoms with Gasteiger partial charge in [0.15, 0.2) is 5.69 Å². The Bertz CT molecular complexity index is 614. The fourth-order valence-electron chi connectivity index (χ4n) is 1.56. The maximum absolute atomic E-state index is 13.5. The average molecular weight is 256 g/mol. The molecule has 94 valence electrons. The summed E-state index contributed by atoms with van der Waals surface area (Å²) in [7, 11) is 1.39. The first kappa shape index (κ1) is 12.2. The highest BCUT2D eigenvalue weighted by atomic mass is 19.1. The number of hydrogen-bond donors (Lipinski definition) is 1. The van der Waals surface area contributed by atoms with Gasteiger partial charge in [-0.3, -0.25) is 0 Å². The Balaban J connectivity index is 2.66. The summed E-state index contributed by atoms with van der Waals surface area (Å²) >= 11 is 0. The fourth-order valence-corrected chi connectivity index (χ4v) is 1.56. The summed E-state index contributed by atoms with van der Waals surface area (Å²) in [4.78, 5) is 14.3. The van der Waals surface area contributed by atoms with E-state index in [1.807, 2.05) is 0 Å². The number of benzene rings is 1. The zero-order chi connectivity index (χ0) is 13.4. The van der Waals surface area contributed by atoms with Gasteiger partial charge in [0.1, 0.15) is 23.3 Å². The molecule has 0 aliphatic carbocycles. The summed E-state index contributed by atoms with van der Waals surface area (Å²) in [5, 5.41) is 8.73. The quantitative estimate of drug-likeness (QED) is 0.896. The van der Waals surface area contributed by atoms with Crippen molar-refractivity contribution in [2.45, 2.75) is 0 Å². The van der Waals surface area contributed by atoms with Gasteiger partial charge in [-0.2, -0.15) is 0 Å². The van der Waals surface area contributed by atoms with Crippen LogP contribution in [0.2, 0.25) is 0 Å². The van der Waals surface area contributed by atoms with Gasteiger partial charge in [0, 0.05) is 25.4 Å². The minimum atomic E-state index is -1.32. The van der Waals surface area contributed by atoms with Gasteiger partial charge >= 0.3 is 5.97 Å². The van der Waals surface area contributed by atoms with Gasteiger partial charge in [-0.05, 0) is 0 Å². The highest BCUT2D eigenvalue weighted by Crippen LogP contribution is 2.25. The van der Waals surface area contributed by atoms with E-state index < -0.39 is 29.0 Å². The molecule has 18 heavy (non-hydrogen) atoms. The molecule has 0 saturated heterocycles. The zero-order valence-electron chi connectivity index (χ0n) is 9.12. The first-order valence-corrected chi connectivity index (χ1v) is 4.81. The van der Waals surface area contributed by atoms with Gasteiger partial charge in [0.25, 0.3) is 0 Å². The van der Waals surface area contributed by atoms with E-state index in [4.69, 9.17) is 5.11 Å². The van der Waals surface area contributed by atoms with Crippen LogP contribution >= 0.6 is 0 Å². The van der Waals surface area contributed by atoms with E-state index in [-0.39, 0.29) is 11.5 Å². The molecule has 1 heterocycles. The van der Waals surface area contributed by atoms with Crippen LogP contribution in [0.3, 0.4) is 0 Å². The number of aryl methyl sites for hydroxylation is 1. The van der Waals surface area contributed by atoms with E-state index in [2.05, 4.69) is 4.98 Å². The van der Waals surface area contributed by atoms with E-state index in [1.165, 1.54) is 7.05 Å². The molecule has 0 saturated carbocycles. The number of rotatable bonds is 2. The second-order valence-electron chi connectivity index (χ2n) is 3.61. The largest absolute Gasteiger partial charge is 0.476 e. The molecule has 0 bridgehead atoms. The van der Waals surface area contributed by atoms with Crippen LogP contribution in [0.5, 0.6) is 0 Å². The Labute approximate surface area is 99.3 Å². The molecule has 1 N–H and O–H groups in total. The van der Waals surface area contributed by atoms with E-state index in [0.29, 0.717) is 12.1 Å². The molecule has 1 aromatic heterocycles. The Morgan fingerprint density at radius 3 is 2.28 bits per heavy atom. The summed E-state index contributed by atoms with van der Waals surface area (Å²) in [5.74, 6) is -4.88. The summed E-state index contributed by atoms with van der Waals surface area (Å²) < 4.78 is 40.9. The maximum Gasteiger partial charge on any atom is 0.356 e. The molecule has 0 unspecified atom stereocenters. The van der Waals surface area contributed by atoms with Crippen molar-refractivity contribution in [3.8, 4) is 11.4 Å². The molecule has 0 aliphatic rings. The zero-order valence-corrected chi connectivity index (χ0v) is 9.12. The van der Waals surface area contributed by atoms with Gasteiger partial charge in [-0.25, -0.2) is 22.9 Å². The number of carboxylic acid groups (broad SMARTS) is 1. The summed E-state index contributed by atoms with van der Waals surface area (Å²) in [6.45, 7) is 0. The number of aromatic nitrogens is 2. The molecular weight excluding hydrogens is 249 g/mol. The van der Waals surface area contributed by atoms with Crippen molar-refractivity contribution in [3.63, 3.8) is 0 Å². The minimum absolute atomic E-state index is 0.220. The maximum atomic E-state index is 13.5. The normalized spacial score (nSPS) is 10.7. The third-order valence-electron chi connectivity index (χ3n) is 2.33. The molecular formula is C11H7F3N2O2. The number of halogens is 3. The molecule has 1 aromatic carbocycles. The van der Waals surface area contributed by atoms with Crippen LogP contribution in [0.1, 0.15) is 10.5 Å². The highest BCUT2D eigenvalue weighted by Gasteiger charge is 2.20. The van der Waals surface area contributed by atoms with E-state index in [1.54, 1.807) is 0 Å². The summed E-state index contributed by atoms with van der Waals surface area (Å²) in [5.41, 5.74) is -0.915. The third kappa shape index (κ3) is 1.94. The van der Waals surface area contributed by atoms with Crippen molar-refractivity contribution in [1.29, 1.82) is 0 Å². The number of carbonyl (C=O) groups is 1. The second-order valence-corrected chi connectivity index (χ2v) is 3.61. The lowest BCUT2D eigenvalue weighted by Crippen LogP contribution is -1.99. The number of hydrogen-bond acceptors (Lipinski definition) is 2. The van der Waals surface area contributed by atoms with Gasteiger partial charge in [0.05, 0.1) is 5.56 Å². The number of imidazole rings is 1. The van der Waals surface area contributed by atoms with Gasteiger partial charge in [-0.15, -0.1) is 0 Å². The lowest BCUT2D eigenvalue weighted by Gasteiger charge is -2.04. The van der Waals surface area contributed by atoms with Crippen LogP contribution < -0.4 is 0 Å². The first-order valence-electron chi connectivity index (χ1n) is 4.81. The number of carboxylic acids is 1. The molecule has 0 fully saturated rings. The fraction of sp³-hybridized carbons (Fsp3) is 0.0909. The lowest BCUT2D eigenvalue weighted by atomic mass is 10.2. The van der Waals surface area contributed by atoms with Crippen molar-refractivity contribution in [3.05, 3.63) is 41.5 Å². The van der Waals surface area contributed by atoms with Crippen LogP contribution in [0.15, 0.2) is 18.3 Å². The topological polar surface area (TPSA) is 55.1 Å². The molecule has 2 rings (SSSR count). The van der Waals surface area contributed by atoms with Crippen LogP contribution in [-0.2, 0) is 7.05 Å². The van der Waals surface area contributed by atoms with Crippen molar-refractivity contribution < 1.29 is 23.1 Å². The Hall–Kier alpha value is -2.31. The smallest absolute Gasteiger partial charge is 0.356 e. The SMILES string of the molecule is Cn1cc(C(=O)O)nc1-c1c(F)cc(F)cc1F. The molecule has 0 spiro atoms. The van der Waals surface area contributed by atoms with Crippen LogP contribution in [-0.4, -0.2) is 20.6 Å². The summed E-state index contributed by atoms with van der Waals surface area (Å²) in [6.07, 6.45) is 1.11. The van der Waals surface area contributed by atoms with Crippen LogP contribution in [0, 0.1) is 17.5 Å². The molecule has 7 heteroatoms. The lowest BCUT2D eigenvalue weighted by molar-refractivity contribution is 0.0691. The minimum Gasteiger partial charge on any atom is -0.476 e. The van der Waals surface area contributed by atoms with Crippen molar-refractivity contribution in [1.82, 2.24) is 9.55 Å². The van der Waals surface area contributed by atoms with Gasteiger partial charge in [-0.1, -0.05) is 0 Å². The standard InChI is InChI=1S/C11H7F3N2O2/c1-16-4-8(11(17)18)15-10(16)9-6(13)2-5(12)3-7(9)14/h2-4H,1H3,(H,17,18). The second kappa shape index (κ2) is 4.17. The molecule has 0 aliphatic heterocycles. The first-order chi connectivity index (χ1) is 8.40. The van der Waals surface area contributed by atoms with E-state index in [0.717, 1.165) is 10.8 Å². The molecule has 0 radical (unpaired) electrons. The average Bonchev–Trinajstić information content (AvgIpc) is 2.59. The molecule has 4 nitrogen and oxygen atoms in total. The third-order valence-corrected chi connectivity index (χ3v) is 2.33. The number of nitrogens with zero attached hydrogens (tertiary/aromatic N) is 2. The van der Waals surface area contributed by atoms with Crippen LogP contribution in [0.4, 0.5) is 13.2 Å². The predicted octanol–water partition coefficient (Wildman–Crippen LogP) is 2.20. The molecule has 0 amide bonds. The number of aromatic carboxylic acids is 1. The molecule has 0 atom stereocenters. The highest BCUT2D eigenvalue weighted by molar-refractivity contribution is 5.86. The van der Waals surface area contributed by atoms with E-state index in [9.17, 15) is 18.0 Å². The predicted molar refractivity (Wildman–Crippen MR) is 55.5 cm³/mol. The van der Waals surface area contributed by atoms with Crippen molar-refractivity contribution in [2.24, 2.45) is 7.05 Å². The van der Waals surface area contributed by atoms with Crippen molar-refractivity contribution >= 4 is 5.97 Å². The molecule has 2 aromatic rings. The Morgan fingerprint density at radius 2 is 1.83 bits per heavy atom. The van der Waals surface area contributed by atoms with Crippen LogP contribution in [0.25, 0.3) is 11.4 Å². The monoisotopic (exact) mass is 256 g/mol. The van der Waals surface area contributed by atoms with Gasteiger partial charge in [0.2, 0.25) is 0 Å². The Kier molecular flexibility index (Phi) is 2.82. The van der Waals surface area contributed by atoms with Crippen molar-refractivity contribution in [2.75, 3.05) is 0 Å². The van der Waals surface area contributed by atoms with E-state index >= 15 is 0 Å².